The molecule has 0 spiro atoms. The number of nitrogens with zero attached hydrogens (tertiary/aromatic N) is 3. The third-order valence-corrected chi connectivity index (χ3v) is 6.57. The van der Waals surface area contributed by atoms with Crippen LogP contribution in [0.2, 0.25) is 0 Å². The molecule has 0 bridgehead atoms. The van der Waals surface area contributed by atoms with Gasteiger partial charge in [0.2, 0.25) is 5.91 Å². The Morgan fingerprint density at radius 2 is 1.74 bits per heavy atom. The van der Waals surface area contributed by atoms with E-state index in [2.05, 4.69) is 81.6 Å². The van der Waals surface area contributed by atoms with Gasteiger partial charge in [-0.1, -0.05) is 60.2 Å². The molecule has 1 amide bonds. The highest BCUT2D eigenvalue weighted by molar-refractivity contribution is 7.15. The lowest BCUT2D eigenvalue weighted by atomic mass is 10.1. The van der Waals surface area contributed by atoms with Gasteiger partial charge in [-0.2, -0.15) is 0 Å². The van der Waals surface area contributed by atoms with E-state index in [0.717, 1.165) is 50.4 Å². The maximum Gasteiger partial charge on any atom is 0.240 e. The van der Waals surface area contributed by atoms with Crippen molar-refractivity contribution in [1.82, 2.24) is 14.8 Å². The van der Waals surface area contributed by atoms with Gasteiger partial charge in [-0.15, -0.1) is 11.3 Å². The molecule has 1 aromatic heterocycles. The van der Waals surface area contributed by atoms with E-state index in [9.17, 15) is 4.79 Å². The van der Waals surface area contributed by atoms with E-state index in [4.69, 9.17) is 0 Å². The Balaban J connectivity index is 1.18. The predicted molar refractivity (Wildman–Crippen MR) is 128 cm³/mol. The monoisotopic (exact) mass is 434 g/mol. The lowest BCUT2D eigenvalue weighted by Crippen LogP contribution is -2.49. The number of aryl methyl sites for hydroxylation is 1. The summed E-state index contributed by atoms with van der Waals surface area (Å²) in [4.78, 5) is 22.8. The van der Waals surface area contributed by atoms with Crippen LogP contribution in [-0.2, 0) is 17.6 Å². The van der Waals surface area contributed by atoms with Crippen LogP contribution in [0.25, 0.3) is 0 Å². The summed E-state index contributed by atoms with van der Waals surface area (Å²) >= 11 is 1.56. The largest absolute Gasteiger partial charge is 0.301 e. The van der Waals surface area contributed by atoms with Crippen molar-refractivity contribution in [2.45, 2.75) is 19.8 Å². The van der Waals surface area contributed by atoms with Gasteiger partial charge in [-0.25, -0.2) is 4.98 Å². The molecule has 1 saturated heterocycles. The number of nitrogens with one attached hydrogen (secondary N) is 1. The first kappa shape index (κ1) is 21.7. The van der Waals surface area contributed by atoms with E-state index < -0.39 is 0 Å². The number of carbonyl (C=O) groups is 1. The van der Waals surface area contributed by atoms with Crippen LogP contribution in [0.15, 0.2) is 60.8 Å². The van der Waals surface area contributed by atoms with E-state index in [1.54, 1.807) is 11.3 Å². The summed E-state index contributed by atoms with van der Waals surface area (Å²) in [5, 5.41) is 3.67. The average molecular weight is 435 g/mol. The molecule has 5 nitrogen and oxygen atoms in total. The molecule has 162 valence electrons. The summed E-state index contributed by atoms with van der Waals surface area (Å²) in [5.41, 5.74) is 3.91. The van der Waals surface area contributed by atoms with Crippen LogP contribution >= 0.6 is 11.3 Å². The van der Waals surface area contributed by atoms with Gasteiger partial charge < -0.3 is 10.2 Å². The summed E-state index contributed by atoms with van der Waals surface area (Å²) in [5.74, 6) is 0.0224. The number of rotatable bonds is 8. The highest BCUT2D eigenvalue weighted by atomic mass is 32.1. The number of piperazine rings is 1. The van der Waals surface area contributed by atoms with Crippen molar-refractivity contribution in [3.63, 3.8) is 0 Å². The van der Waals surface area contributed by atoms with Crippen LogP contribution in [-0.4, -0.2) is 60.0 Å². The number of hydrogen-bond donors (Lipinski definition) is 1. The Bertz CT molecular complexity index is 980. The minimum absolute atomic E-state index is 0.0224. The molecule has 2 aromatic carbocycles. The van der Waals surface area contributed by atoms with Crippen molar-refractivity contribution in [3.8, 4) is 0 Å². The van der Waals surface area contributed by atoms with Gasteiger partial charge in [-0.3, -0.25) is 9.69 Å². The van der Waals surface area contributed by atoms with Gasteiger partial charge >= 0.3 is 0 Å². The molecule has 0 atom stereocenters. The fraction of sp³-hybridized carbons (Fsp3) is 0.360. The minimum atomic E-state index is 0.0224. The van der Waals surface area contributed by atoms with E-state index in [0.29, 0.717) is 11.7 Å². The van der Waals surface area contributed by atoms with Gasteiger partial charge in [0.25, 0.3) is 0 Å². The molecule has 3 aromatic rings. The lowest BCUT2D eigenvalue weighted by molar-refractivity contribution is -0.117. The van der Waals surface area contributed by atoms with E-state index >= 15 is 0 Å². The van der Waals surface area contributed by atoms with E-state index in [1.165, 1.54) is 16.7 Å². The Morgan fingerprint density at radius 1 is 1.00 bits per heavy atom. The molecule has 31 heavy (non-hydrogen) atoms. The fourth-order valence-electron chi connectivity index (χ4n) is 3.94. The Morgan fingerprint density at radius 3 is 2.52 bits per heavy atom. The zero-order chi connectivity index (χ0) is 21.5. The van der Waals surface area contributed by atoms with Gasteiger partial charge in [0.1, 0.15) is 0 Å². The number of amides is 1. The van der Waals surface area contributed by atoms with Crippen molar-refractivity contribution in [2.75, 3.05) is 44.6 Å². The normalized spacial score (nSPS) is 15.1. The first-order chi connectivity index (χ1) is 15.1. The third-order valence-electron chi connectivity index (χ3n) is 5.65. The average Bonchev–Trinajstić information content (AvgIpc) is 3.20. The summed E-state index contributed by atoms with van der Waals surface area (Å²) in [6.07, 6.45) is 3.80. The second-order valence-corrected chi connectivity index (χ2v) is 9.31. The van der Waals surface area contributed by atoms with E-state index in [1.807, 2.05) is 6.20 Å². The minimum Gasteiger partial charge on any atom is -0.301 e. The first-order valence-corrected chi connectivity index (χ1v) is 11.7. The number of anilines is 1. The first-order valence-electron chi connectivity index (χ1n) is 10.9. The molecular weight excluding hydrogens is 404 g/mol. The standard InChI is InChI=1S/C25H30N4OS/c1-20-6-5-9-22(16-20)17-23-18-26-25(31-23)27-24(30)19-29-14-12-28(13-15-29)11-10-21-7-3-2-4-8-21/h2-9,16,18H,10-15,17,19H2,1H3,(H,26,27,30). The van der Waals surface area contributed by atoms with Crippen LogP contribution in [0.3, 0.4) is 0 Å². The molecular formula is C25H30N4OS. The molecule has 1 N–H and O–H groups in total. The van der Waals surface area contributed by atoms with Crippen LogP contribution < -0.4 is 5.32 Å². The van der Waals surface area contributed by atoms with Gasteiger partial charge in [-0.05, 0) is 24.5 Å². The molecule has 1 aliphatic heterocycles. The highest BCUT2D eigenvalue weighted by Crippen LogP contribution is 2.21. The van der Waals surface area contributed by atoms with E-state index in [-0.39, 0.29) is 5.91 Å². The number of aromatic nitrogens is 1. The fourth-order valence-corrected chi connectivity index (χ4v) is 4.80. The molecule has 1 aliphatic rings. The lowest BCUT2D eigenvalue weighted by Gasteiger charge is -2.34. The number of benzene rings is 2. The quantitative estimate of drug-likeness (QED) is 0.585. The number of thiazole rings is 1. The topological polar surface area (TPSA) is 48.5 Å². The zero-order valence-electron chi connectivity index (χ0n) is 18.1. The molecule has 0 radical (unpaired) electrons. The molecule has 0 unspecified atom stereocenters. The zero-order valence-corrected chi connectivity index (χ0v) is 18.9. The van der Waals surface area contributed by atoms with Gasteiger partial charge in [0.05, 0.1) is 6.54 Å². The molecule has 0 aliphatic carbocycles. The number of carbonyl (C=O) groups excluding carboxylic acids is 1. The van der Waals surface area contributed by atoms with Crippen molar-refractivity contribution in [1.29, 1.82) is 0 Å². The summed E-state index contributed by atoms with van der Waals surface area (Å²) < 4.78 is 0. The maximum atomic E-state index is 12.5. The molecule has 1 fully saturated rings. The maximum absolute atomic E-state index is 12.5. The van der Waals surface area contributed by atoms with Crippen molar-refractivity contribution < 1.29 is 4.79 Å². The molecule has 4 rings (SSSR count). The van der Waals surface area contributed by atoms with Gasteiger partial charge in [0.15, 0.2) is 5.13 Å². The predicted octanol–water partition coefficient (Wildman–Crippen LogP) is 3.84. The second-order valence-electron chi connectivity index (χ2n) is 8.20. The Labute approximate surface area is 188 Å². The van der Waals surface area contributed by atoms with Crippen molar-refractivity contribution in [2.24, 2.45) is 0 Å². The van der Waals surface area contributed by atoms with Crippen molar-refractivity contribution in [3.05, 3.63) is 82.4 Å². The van der Waals surface area contributed by atoms with Crippen LogP contribution in [0.1, 0.15) is 21.6 Å². The van der Waals surface area contributed by atoms with Crippen molar-refractivity contribution >= 4 is 22.4 Å². The smallest absolute Gasteiger partial charge is 0.240 e. The number of hydrogen-bond acceptors (Lipinski definition) is 5. The third kappa shape index (κ3) is 6.72. The SMILES string of the molecule is Cc1cccc(Cc2cnc(NC(=O)CN3CCN(CCc4ccccc4)CC3)s2)c1. The molecule has 0 saturated carbocycles. The summed E-state index contributed by atoms with van der Waals surface area (Å²) in [6.45, 7) is 7.49. The summed E-state index contributed by atoms with van der Waals surface area (Å²) in [7, 11) is 0. The summed E-state index contributed by atoms with van der Waals surface area (Å²) in [6, 6.07) is 19.1. The van der Waals surface area contributed by atoms with Gasteiger partial charge in [0, 0.05) is 50.2 Å². The Hall–Kier alpha value is -2.54. The van der Waals surface area contributed by atoms with Crippen LogP contribution in [0.4, 0.5) is 5.13 Å². The Kier molecular flexibility index (Phi) is 7.46. The highest BCUT2D eigenvalue weighted by Gasteiger charge is 2.19. The van der Waals surface area contributed by atoms with Crippen LogP contribution in [0, 0.1) is 6.92 Å². The second kappa shape index (κ2) is 10.7. The molecule has 2 heterocycles. The molecule has 6 heteroatoms. The van der Waals surface area contributed by atoms with Crippen LogP contribution in [0.5, 0.6) is 0 Å².